The molecule has 1 aliphatic heterocycles. The van der Waals surface area contributed by atoms with Crippen molar-refractivity contribution in [1.29, 1.82) is 0 Å². The SMILES string of the molecule is Cc1cc(N2CCN(C)CC2)n2nc(-c3cccnc3)nc2n1. The second kappa shape index (κ2) is 5.58. The molecule has 0 atom stereocenters. The van der Waals surface area contributed by atoms with Gasteiger partial charge in [-0.2, -0.15) is 9.50 Å². The predicted octanol–water partition coefficient (Wildman–Crippen LogP) is 1.25. The summed E-state index contributed by atoms with van der Waals surface area (Å²) in [5.74, 6) is 2.35. The van der Waals surface area contributed by atoms with Gasteiger partial charge in [-0.1, -0.05) is 0 Å². The number of hydrogen-bond acceptors (Lipinski definition) is 6. The molecule has 0 spiro atoms. The molecular weight excluding hydrogens is 290 g/mol. The molecule has 1 saturated heterocycles. The van der Waals surface area contributed by atoms with Crippen molar-refractivity contribution in [3.8, 4) is 11.4 Å². The molecule has 3 aromatic heterocycles. The third-order valence-corrected chi connectivity index (χ3v) is 4.17. The van der Waals surface area contributed by atoms with E-state index in [-0.39, 0.29) is 0 Å². The van der Waals surface area contributed by atoms with Crippen LogP contribution in [0.15, 0.2) is 30.6 Å². The number of aryl methyl sites for hydroxylation is 1. The summed E-state index contributed by atoms with van der Waals surface area (Å²) >= 11 is 0. The summed E-state index contributed by atoms with van der Waals surface area (Å²) in [6, 6.07) is 5.94. The number of likely N-dealkylation sites (N-methyl/N-ethyl adjacent to an activating group) is 1. The molecule has 7 nitrogen and oxygen atoms in total. The molecule has 0 aliphatic carbocycles. The topological polar surface area (TPSA) is 62.5 Å². The Kier molecular flexibility index (Phi) is 3.42. The van der Waals surface area contributed by atoms with E-state index in [4.69, 9.17) is 0 Å². The molecule has 1 fully saturated rings. The highest BCUT2D eigenvalue weighted by molar-refractivity contribution is 5.58. The van der Waals surface area contributed by atoms with Crippen LogP contribution in [-0.2, 0) is 0 Å². The van der Waals surface area contributed by atoms with Gasteiger partial charge in [0, 0.05) is 55.9 Å². The average molecular weight is 309 g/mol. The fraction of sp³-hybridized carbons (Fsp3) is 0.375. The number of nitrogens with zero attached hydrogens (tertiary/aromatic N) is 7. The Bertz CT molecular complexity index is 819. The van der Waals surface area contributed by atoms with Crippen LogP contribution in [-0.4, -0.2) is 62.7 Å². The van der Waals surface area contributed by atoms with Crippen LogP contribution in [0.5, 0.6) is 0 Å². The average Bonchev–Trinajstić information content (AvgIpc) is 2.99. The van der Waals surface area contributed by atoms with Gasteiger partial charge in [-0.3, -0.25) is 4.98 Å². The van der Waals surface area contributed by atoms with Crippen molar-refractivity contribution in [2.24, 2.45) is 0 Å². The minimum atomic E-state index is 0.637. The van der Waals surface area contributed by atoms with Gasteiger partial charge in [0.15, 0.2) is 5.82 Å². The van der Waals surface area contributed by atoms with Crippen LogP contribution in [0.2, 0.25) is 0 Å². The summed E-state index contributed by atoms with van der Waals surface area (Å²) in [6.07, 6.45) is 3.52. The number of rotatable bonds is 2. The van der Waals surface area contributed by atoms with Gasteiger partial charge in [-0.05, 0) is 26.1 Å². The fourth-order valence-electron chi connectivity index (χ4n) is 2.85. The number of anilines is 1. The Balaban J connectivity index is 1.80. The summed E-state index contributed by atoms with van der Waals surface area (Å²) in [7, 11) is 2.15. The van der Waals surface area contributed by atoms with Crippen LogP contribution in [0.4, 0.5) is 5.82 Å². The second-order valence-electron chi connectivity index (χ2n) is 5.93. The molecule has 4 rings (SSSR count). The highest BCUT2D eigenvalue weighted by atomic mass is 15.4. The summed E-state index contributed by atoms with van der Waals surface area (Å²) in [4.78, 5) is 17.9. The zero-order valence-corrected chi connectivity index (χ0v) is 13.3. The maximum absolute atomic E-state index is 4.67. The number of fused-ring (bicyclic) bond motifs is 1. The van der Waals surface area contributed by atoms with Crippen molar-refractivity contribution in [3.05, 3.63) is 36.3 Å². The standard InChI is InChI=1S/C16H19N7/c1-12-10-14(22-8-6-21(2)7-9-22)23-16(18-12)19-15(20-23)13-4-3-5-17-11-13/h3-5,10-11H,6-9H2,1-2H3. The second-order valence-corrected chi connectivity index (χ2v) is 5.93. The highest BCUT2D eigenvalue weighted by Gasteiger charge is 2.19. The molecule has 4 heterocycles. The molecule has 3 aromatic rings. The van der Waals surface area contributed by atoms with Gasteiger partial charge >= 0.3 is 0 Å². The van der Waals surface area contributed by atoms with E-state index >= 15 is 0 Å². The lowest BCUT2D eigenvalue weighted by atomic mass is 10.3. The van der Waals surface area contributed by atoms with E-state index in [2.05, 4.69) is 43.0 Å². The first kappa shape index (κ1) is 14.1. The van der Waals surface area contributed by atoms with E-state index < -0.39 is 0 Å². The molecular formula is C16H19N7. The molecule has 118 valence electrons. The van der Waals surface area contributed by atoms with Crippen molar-refractivity contribution in [2.75, 3.05) is 38.1 Å². The molecule has 0 amide bonds. The van der Waals surface area contributed by atoms with Crippen LogP contribution < -0.4 is 4.90 Å². The number of hydrogen-bond donors (Lipinski definition) is 0. The fourth-order valence-corrected chi connectivity index (χ4v) is 2.85. The Labute approximate surface area is 134 Å². The van der Waals surface area contributed by atoms with Crippen LogP contribution in [0.1, 0.15) is 5.69 Å². The number of piperazine rings is 1. The highest BCUT2D eigenvalue weighted by Crippen LogP contribution is 2.21. The van der Waals surface area contributed by atoms with Crippen molar-refractivity contribution < 1.29 is 0 Å². The largest absolute Gasteiger partial charge is 0.354 e. The zero-order chi connectivity index (χ0) is 15.8. The summed E-state index contributed by atoms with van der Waals surface area (Å²) in [6.45, 7) is 6.06. The van der Waals surface area contributed by atoms with E-state index in [1.807, 2.05) is 23.6 Å². The molecule has 7 heteroatoms. The summed E-state index contributed by atoms with van der Waals surface area (Å²) in [5, 5.41) is 4.67. The van der Waals surface area contributed by atoms with Gasteiger partial charge in [-0.25, -0.2) is 4.98 Å². The van der Waals surface area contributed by atoms with Gasteiger partial charge < -0.3 is 9.80 Å². The first-order chi connectivity index (χ1) is 11.2. The first-order valence-electron chi connectivity index (χ1n) is 7.79. The summed E-state index contributed by atoms with van der Waals surface area (Å²) in [5.41, 5.74) is 1.86. The Morgan fingerprint density at radius 1 is 1.09 bits per heavy atom. The molecule has 0 N–H and O–H groups in total. The van der Waals surface area contributed by atoms with Gasteiger partial charge in [-0.15, -0.1) is 5.10 Å². The van der Waals surface area contributed by atoms with E-state index in [1.165, 1.54) is 0 Å². The van der Waals surface area contributed by atoms with E-state index in [0.717, 1.165) is 43.3 Å². The molecule has 0 unspecified atom stereocenters. The molecule has 0 saturated carbocycles. The molecule has 0 aromatic carbocycles. The van der Waals surface area contributed by atoms with Crippen LogP contribution in [0.25, 0.3) is 17.2 Å². The molecule has 1 aliphatic rings. The van der Waals surface area contributed by atoms with Crippen molar-refractivity contribution in [1.82, 2.24) is 29.5 Å². The first-order valence-corrected chi connectivity index (χ1v) is 7.79. The molecule has 0 bridgehead atoms. The third kappa shape index (κ3) is 2.63. The lowest BCUT2D eigenvalue weighted by Gasteiger charge is -2.33. The minimum Gasteiger partial charge on any atom is -0.354 e. The van der Waals surface area contributed by atoms with Gasteiger partial charge in [0.1, 0.15) is 5.82 Å². The molecule has 0 radical (unpaired) electrons. The van der Waals surface area contributed by atoms with E-state index in [0.29, 0.717) is 11.6 Å². The quantitative estimate of drug-likeness (QED) is 0.710. The van der Waals surface area contributed by atoms with Crippen molar-refractivity contribution in [2.45, 2.75) is 6.92 Å². The Hall–Kier alpha value is -2.54. The monoisotopic (exact) mass is 309 g/mol. The van der Waals surface area contributed by atoms with Crippen LogP contribution in [0.3, 0.4) is 0 Å². The maximum Gasteiger partial charge on any atom is 0.254 e. The Morgan fingerprint density at radius 3 is 2.65 bits per heavy atom. The summed E-state index contributed by atoms with van der Waals surface area (Å²) < 4.78 is 1.85. The number of pyridine rings is 1. The minimum absolute atomic E-state index is 0.637. The van der Waals surface area contributed by atoms with Crippen LogP contribution >= 0.6 is 0 Å². The zero-order valence-electron chi connectivity index (χ0n) is 13.3. The number of aromatic nitrogens is 5. The van der Waals surface area contributed by atoms with Gasteiger partial charge in [0.25, 0.3) is 5.78 Å². The maximum atomic E-state index is 4.67. The van der Waals surface area contributed by atoms with Gasteiger partial charge in [0.2, 0.25) is 0 Å². The van der Waals surface area contributed by atoms with Gasteiger partial charge in [0.05, 0.1) is 0 Å². The lowest BCUT2D eigenvalue weighted by Crippen LogP contribution is -2.45. The molecule has 23 heavy (non-hydrogen) atoms. The van der Waals surface area contributed by atoms with Crippen molar-refractivity contribution >= 4 is 11.6 Å². The lowest BCUT2D eigenvalue weighted by molar-refractivity contribution is 0.311. The smallest absolute Gasteiger partial charge is 0.254 e. The predicted molar refractivity (Wildman–Crippen MR) is 88.5 cm³/mol. The van der Waals surface area contributed by atoms with Crippen LogP contribution in [0, 0.1) is 6.92 Å². The van der Waals surface area contributed by atoms with E-state index in [1.54, 1.807) is 12.4 Å². The normalized spacial score (nSPS) is 16.2. The van der Waals surface area contributed by atoms with E-state index in [9.17, 15) is 0 Å². The Morgan fingerprint density at radius 2 is 1.91 bits per heavy atom. The third-order valence-electron chi connectivity index (χ3n) is 4.17. The van der Waals surface area contributed by atoms with Crippen molar-refractivity contribution in [3.63, 3.8) is 0 Å².